The molecule has 0 N–H and O–H groups in total. The van der Waals surface area contributed by atoms with Crippen LogP contribution < -0.4 is 0 Å². The first-order valence-corrected chi connectivity index (χ1v) is 9.62. The molecule has 0 saturated carbocycles. The first kappa shape index (κ1) is 17.1. The first-order chi connectivity index (χ1) is 12.7. The van der Waals surface area contributed by atoms with Gasteiger partial charge in [0.1, 0.15) is 0 Å². The summed E-state index contributed by atoms with van der Waals surface area (Å²) in [4.78, 5) is 14.4. The molecule has 4 rings (SSSR count). The molecular formula is C19H16ClN3O2S. The van der Waals surface area contributed by atoms with Gasteiger partial charge >= 0.3 is 0 Å². The molecule has 1 amide bonds. The number of halogens is 1. The smallest absolute Gasteiger partial charge is 0.277 e. The highest BCUT2D eigenvalue weighted by molar-refractivity contribution is 7.99. The average Bonchev–Trinajstić information content (AvgIpc) is 3.15. The van der Waals surface area contributed by atoms with Gasteiger partial charge in [-0.15, -0.1) is 10.2 Å². The number of amides is 1. The zero-order chi connectivity index (χ0) is 17.9. The van der Waals surface area contributed by atoms with Crippen molar-refractivity contribution in [3.8, 4) is 11.5 Å². The maximum Gasteiger partial charge on any atom is 0.277 e. The van der Waals surface area contributed by atoms with Gasteiger partial charge in [-0.2, -0.15) is 0 Å². The van der Waals surface area contributed by atoms with Crippen molar-refractivity contribution in [1.82, 2.24) is 15.1 Å². The third-order valence-corrected chi connectivity index (χ3v) is 5.36. The van der Waals surface area contributed by atoms with Crippen molar-refractivity contribution in [2.45, 2.75) is 18.2 Å². The van der Waals surface area contributed by atoms with Gasteiger partial charge in [0, 0.05) is 23.7 Å². The molecule has 5 nitrogen and oxygen atoms in total. The number of carbonyl (C=O) groups excluding carboxylic acids is 1. The van der Waals surface area contributed by atoms with E-state index in [1.807, 2.05) is 29.2 Å². The number of hydrogen-bond acceptors (Lipinski definition) is 5. The topological polar surface area (TPSA) is 59.2 Å². The summed E-state index contributed by atoms with van der Waals surface area (Å²) in [5.74, 6) is 0.781. The van der Waals surface area contributed by atoms with Gasteiger partial charge in [-0.3, -0.25) is 4.79 Å². The van der Waals surface area contributed by atoms with Gasteiger partial charge in [0.05, 0.1) is 5.75 Å². The number of benzene rings is 2. The molecule has 1 aliphatic heterocycles. The van der Waals surface area contributed by atoms with E-state index >= 15 is 0 Å². The molecule has 1 aliphatic rings. The Kier molecular flexibility index (Phi) is 4.95. The summed E-state index contributed by atoms with van der Waals surface area (Å²) < 4.78 is 5.63. The summed E-state index contributed by atoms with van der Waals surface area (Å²) in [6.07, 6.45) is 0.897. The van der Waals surface area contributed by atoms with Crippen molar-refractivity contribution in [2.75, 3.05) is 12.3 Å². The molecule has 7 heteroatoms. The Balaban J connectivity index is 1.36. The molecule has 0 fully saturated rings. The number of nitrogens with zero attached hydrogens (tertiary/aromatic N) is 3. The summed E-state index contributed by atoms with van der Waals surface area (Å²) in [7, 11) is 0. The maximum absolute atomic E-state index is 12.5. The monoisotopic (exact) mass is 385 g/mol. The lowest BCUT2D eigenvalue weighted by Crippen LogP contribution is -2.37. The first-order valence-electron chi connectivity index (χ1n) is 8.26. The minimum Gasteiger partial charge on any atom is -0.411 e. The lowest BCUT2D eigenvalue weighted by Gasteiger charge is -2.28. The van der Waals surface area contributed by atoms with Crippen LogP contribution in [0.15, 0.2) is 58.2 Å². The Labute approximate surface area is 160 Å². The van der Waals surface area contributed by atoms with Crippen molar-refractivity contribution >= 4 is 29.3 Å². The summed E-state index contributed by atoms with van der Waals surface area (Å²) in [5.41, 5.74) is 3.35. The Morgan fingerprint density at radius 3 is 2.69 bits per heavy atom. The van der Waals surface area contributed by atoms with Crippen LogP contribution in [0.2, 0.25) is 5.02 Å². The van der Waals surface area contributed by atoms with Crippen LogP contribution in [0.4, 0.5) is 0 Å². The van der Waals surface area contributed by atoms with E-state index in [4.69, 9.17) is 16.0 Å². The van der Waals surface area contributed by atoms with Crippen LogP contribution >= 0.6 is 23.4 Å². The second-order valence-corrected chi connectivity index (χ2v) is 7.37. The van der Waals surface area contributed by atoms with Crippen LogP contribution in [0.5, 0.6) is 0 Å². The molecule has 0 saturated heterocycles. The summed E-state index contributed by atoms with van der Waals surface area (Å²) in [6.45, 7) is 1.41. The quantitative estimate of drug-likeness (QED) is 0.633. The number of fused-ring (bicyclic) bond motifs is 1. The highest BCUT2D eigenvalue weighted by atomic mass is 35.5. The second kappa shape index (κ2) is 7.51. The molecule has 0 bridgehead atoms. The van der Waals surface area contributed by atoms with E-state index < -0.39 is 0 Å². The number of aromatic nitrogens is 2. The standard InChI is InChI=1S/C19H16ClN3O2S/c20-16-7-5-14(6-8-16)18-21-22-19(25-18)26-12-17(24)23-10-9-13-3-1-2-4-15(13)11-23/h1-8H,9-12H2. The fourth-order valence-electron chi connectivity index (χ4n) is 2.90. The van der Waals surface area contributed by atoms with Gasteiger partial charge < -0.3 is 9.32 Å². The van der Waals surface area contributed by atoms with Crippen LogP contribution in [-0.2, 0) is 17.8 Å². The molecule has 0 spiro atoms. The van der Waals surface area contributed by atoms with Gasteiger partial charge in [-0.05, 0) is 41.8 Å². The van der Waals surface area contributed by atoms with Gasteiger partial charge in [0.2, 0.25) is 11.8 Å². The third-order valence-electron chi connectivity index (χ3n) is 4.30. The van der Waals surface area contributed by atoms with Crippen molar-refractivity contribution in [3.05, 3.63) is 64.7 Å². The molecule has 2 heterocycles. The molecular weight excluding hydrogens is 370 g/mol. The highest BCUT2D eigenvalue weighted by Gasteiger charge is 2.21. The van der Waals surface area contributed by atoms with Gasteiger partial charge in [0.25, 0.3) is 5.22 Å². The van der Waals surface area contributed by atoms with Crippen molar-refractivity contribution < 1.29 is 9.21 Å². The molecule has 0 atom stereocenters. The Morgan fingerprint density at radius 1 is 1.12 bits per heavy atom. The predicted octanol–water partition coefficient (Wildman–Crippen LogP) is 4.07. The van der Waals surface area contributed by atoms with E-state index in [2.05, 4.69) is 22.3 Å². The molecule has 0 unspecified atom stereocenters. The van der Waals surface area contributed by atoms with Crippen LogP contribution in [0.1, 0.15) is 11.1 Å². The van der Waals surface area contributed by atoms with Crippen molar-refractivity contribution in [1.29, 1.82) is 0 Å². The Morgan fingerprint density at radius 2 is 1.88 bits per heavy atom. The summed E-state index contributed by atoms with van der Waals surface area (Å²) >= 11 is 7.15. The molecule has 2 aromatic carbocycles. The third kappa shape index (κ3) is 3.76. The Bertz CT molecular complexity index is 927. The number of carbonyl (C=O) groups is 1. The minimum absolute atomic E-state index is 0.0794. The van der Waals surface area contributed by atoms with Crippen LogP contribution in [-0.4, -0.2) is 33.3 Å². The zero-order valence-corrected chi connectivity index (χ0v) is 15.5. The van der Waals surface area contributed by atoms with Crippen molar-refractivity contribution in [2.24, 2.45) is 0 Å². The highest BCUT2D eigenvalue weighted by Crippen LogP contribution is 2.25. The summed E-state index contributed by atoms with van der Waals surface area (Å²) in [5, 5.41) is 9.08. The maximum atomic E-state index is 12.5. The van der Waals surface area contributed by atoms with Crippen molar-refractivity contribution in [3.63, 3.8) is 0 Å². The molecule has 0 aliphatic carbocycles. The number of rotatable bonds is 4. The minimum atomic E-state index is 0.0794. The summed E-state index contributed by atoms with van der Waals surface area (Å²) in [6, 6.07) is 15.4. The normalized spacial score (nSPS) is 13.5. The molecule has 26 heavy (non-hydrogen) atoms. The molecule has 3 aromatic rings. The van der Waals surface area contributed by atoms with E-state index in [0.717, 1.165) is 18.5 Å². The van der Waals surface area contributed by atoms with Crippen LogP contribution in [0.3, 0.4) is 0 Å². The van der Waals surface area contributed by atoms with E-state index in [-0.39, 0.29) is 11.7 Å². The second-order valence-electron chi connectivity index (χ2n) is 6.00. The van der Waals surface area contributed by atoms with E-state index in [1.165, 1.54) is 22.9 Å². The van der Waals surface area contributed by atoms with Gasteiger partial charge in [-0.1, -0.05) is 47.6 Å². The molecule has 1 aromatic heterocycles. The number of hydrogen-bond donors (Lipinski definition) is 0. The lowest BCUT2D eigenvalue weighted by atomic mass is 10.00. The van der Waals surface area contributed by atoms with Gasteiger partial charge in [0.15, 0.2) is 0 Å². The largest absolute Gasteiger partial charge is 0.411 e. The average molecular weight is 386 g/mol. The van der Waals surface area contributed by atoms with E-state index in [9.17, 15) is 4.79 Å². The molecule has 0 radical (unpaired) electrons. The van der Waals surface area contributed by atoms with Crippen LogP contribution in [0, 0.1) is 0 Å². The zero-order valence-electron chi connectivity index (χ0n) is 13.9. The lowest BCUT2D eigenvalue weighted by molar-refractivity contribution is -0.129. The fourth-order valence-corrected chi connectivity index (χ4v) is 3.69. The molecule has 132 valence electrons. The van der Waals surface area contributed by atoms with Crippen LogP contribution in [0.25, 0.3) is 11.5 Å². The van der Waals surface area contributed by atoms with E-state index in [0.29, 0.717) is 22.7 Å². The predicted molar refractivity (Wildman–Crippen MR) is 101 cm³/mol. The fraction of sp³-hybridized carbons (Fsp3) is 0.211. The number of thioether (sulfide) groups is 1. The van der Waals surface area contributed by atoms with Gasteiger partial charge in [-0.25, -0.2) is 0 Å². The SMILES string of the molecule is O=C(CSc1nnc(-c2ccc(Cl)cc2)o1)N1CCc2ccccc2C1. The van der Waals surface area contributed by atoms with E-state index in [1.54, 1.807) is 12.1 Å². The Hall–Kier alpha value is -2.31.